The highest BCUT2D eigenvalue weighted by molar-refractivity contribution is 6.34. The molecule has 0 radical (unpaired) electrons. The largest absolute Gasteiger partial charge is 0.494 e. The van der Waals surface area contributed by atoms with Crippen molar-refractivity contribution in [3.8, 4) is 17.0 Å². The Hall–Kier alpha value is -3.50. The van der Waals surface area contributed by atoms with E-state index >= 15 is 0 Å². The molecule has 1 saturated carbocycles. The molecule has 8 nitrogen and oxygen atoms in total. The van der Waals surface area contributed by atoms with Crippen molar-refractivity contribution < 1.29 is 23.1 Å². The van der Waals surface area contributed by atoms with E-state index in [2.05, 4.69) is 20.9 Å². The normalized spacial score (nSPS) is 20.3. The van der Waals surface area contributed by atoms with Crippen LogP contribution in [0.2, 0.25) is 5.02 Å². The monoisotopic (exact) mass is 501 g/mol. The number of nitrogens with zero attached hydrogens (tertiary/aromatic N) is 2. The minimum absolute atomic E-state index is 0.0255. The second-order valence-electron chi connectivity index (χ2n) is 8.60. The third-order valence-corrected chi connectivity index (χ3v) is 6.91. The van der Waals surface area contributed by atoms with E-state index in [1.165, 1.54) is 43.1 Å². The van der Waals surface area contributed by atoms with Crippen LogP contribution in [0.25, 0.3) is 11.3 Å². The number of methoxy groups -OCH3 is 1. The number of aromatic nitrogens is 2. The molecule has 2 unspecified atom stereocenters. The number of carbonyl (C=O) groups excluding carboxylic acids is 2. The minimum atomic E-state index is -1.13. The molecule has 2 heterocycles. The molecule has 2 atom stereocenters. The van der Waals surface area contributed by atoms with Crippen LogP contribution in [0.1, 0.15) is 21.0 Å². The molecule has 2 fully saturated rings. The number of piperidine rings is 1. The molecular formula is C24H22ClF2N5O3. The zero-order valence-electron chi connectivity index (χ0n) is 18.9. The van der Waals surface area contributed by atoms with E-state index in [-0.39, 0.29) is 39.8 Å². The molecule has 11 heteroatoms. The van der Waals surface area contributed by atoms with E-state index in [9.17, 15) is 18.4 Å². The average molecular weight is 502 g/mol. The molecule has 3 aromatic rings. The lowest BCUT2D eigenvalue weighted by Gasteiger charge is -2.11. The maximum absolute atomic E-state index is 14.5. The van der Waals surface area contributed by atoms with E-state index in [1.807, 2.05) is 0 Å². The van der Waals surface area contributed by atoms with Gasteiger partial charge in [0, 0.05) is 37.4 Å². The Morgan fingerprint density at radius 2 is 1.89 bits per heavy atom. The van der Waals surface area contributed by atoms with E-state index in [4.69, 9.17) is 16.3 Å². The summed E-state index contributed by atoms with van der Waals surface area (Å²) in [5.41, 5.74) is 0.819. The maximum Gasteiger partial charge on any atom is 0.291 e. The SMILES string of the molecule is COc1ccc(-c2cnc(C(=O)Nc3ccc(C(=O)NC4C5CNCC54)c(Cl)c3)n2C)c(F)c1F. The van der Waals surface area contributed by atoms with Crippen LogP contribution in [-0.4, -0.2) is 47.6 Å². The van der Waals surface area contributed by atoms with Gasteiger partial charge in [-0.1, -0.05) is 11.6 Å². The number of hydrogen-bond donors (Lipinski definition) is 3. The van der Waals surface area contributed by atoms with Crippen molar-refractivity contribution in [2.45, 2.75) is 6.04 Å². The predicted octanol–water partition coefficient (Wildman–Crippen LogP) is 3.23. The lowest BCUT2D eigenvalue weighted by Crippen LogP contribution is -2.32. The number of hydrogen-bond acceptors (Lipinski definition) is 5. The van der Waals surface area contributed by atoms with Gasteiger partial charge in [0.05, 0.1) is 29.6 Å². The van der Waals surface area contributed by atoms with E-state index in [0.717, 1.165) is 13.1 Å². The van der Waals surface area contributed by atoms with Crippen LogP contribution < -0.4 is 20.7 Å². The van der Waals surface area contributed by atoms with Crippen LogP contribution in [0.4, 0.5) is 14.5 Å². The molecule has 1 saturated heterocycles. The number of fused-ring (bicyclic) bond motifs is 1. The van der Waals surface area contributed by atoms with Crippen LogP contribution in [-0.2, 0) is 7.05 Å². The zero-order chi connectivity index (χ0) is 24.9. The number of imidazole rings is 1. The summed E-state index contributed by atoms with van der Waals surface area (Å²) >= 11 is 6.32. The van der Waals surface area contributed by atoms with Gasteiger partial charge in [0.2, 0.25) is 5.82 Å². The standard InChI is InChI=1S/C24H22ClF2N5O3/c1-32-17(13-5-6-18(35-2)20(27)19(13)26)10-29-22(32)24(34)30-11-3-4-12(16(25)7-11)23(33)31-21-14-8-28-9-15(14)21/h3-7,10,14-15,21,28H,8-9H2,1-2H3,(H,30,34)(H,31,33). The number of benzene rings is 2. The predicted molar refractivity (Wildman–Crippen MR) is 126 cm³/mol. The first-order chi connectivity index (χ1) is 16.8. The molecule has 1 aromatic heterocycles. The first-order valence-electron chi connectivity index (χ1n) is 11.0. The summed E-state index contributed by atoms with van der Waals surface area (Å²) in [5, 5.41) is 9.15. The Bertz CT molecular complexity index is 1330. The molecule has 1 aliphatic carbocycles. The van der Waals surface area contributed by atoms with Gasteiger partial charge in [-0.05, 0) is 42.2 Å². The molecular weight excluding hydrogens is 480 g/mol. The van der Waals surface area contributed by atoms with Crippen LogP contribution in [0, 0.1) is 23.5 Å². The zero-order valence-corrected chi connectivity index (χ0v) is 19.6. The van der Waals surface area contributed by atoms with Gasteiger partial charge in [0.25, 0.3) is 11.8 Å². The summed E-state index contributed by atoms with van der Waals surface area (Å²) < 4.78 is 34.8. The van der Waals surface area contributed by atoms with Crippen molar-refractivity contribution in [1.82, 2.24) is 20.2 Å². The van der Waals surface area contributed by atoms with Gasteiger partial charge < -0.3 is 25.3 Å². The van der Waals surface area contributed by atoms with E-state index in [1.54, 1.807) is 12.1 Å². The highest BCUT2D eigenvalue weighted by Gasteiger charge is 2.53. The van der Waals surface area contributed by atoms with Crippen molar-refractivity contribution in [3.05, 3.63) is 64.6 Å². The van der Waals surface area contributed by atoms with Crippen LogP contribution >= 0.6 is 11.6 Å². The lowest BCUT2D eigenvalue weighted by atomic mass is 10.1. The van der Waals surface area contributed by atoms with E-state index in [0.29, 0.717) is 23.1 Å². The van der Waals surface area contributed by atoms with Crippen molar-refractivity contribution in [3.63, 3.8) is 0 Å². The number of carbonyl (C=O) groups is 2. The number of nitrogens with one attached hydrogen (secondary N) is 3. The fraction of sp³-hybridized carbons (Fsp3) is 0.292. The first-order valence-corrected chi connectivity index (χ1v) is 11.3. The summed E-state index contributed by atoms with van der Waals surface area (Å²) in [7, 11) is 2.76. The van der Waals surface area contributed by atoms with Crippen molar-refractivity contribution in [2.75, 3.05) is 25.5 Å². The molecule has 2 aromatic carbocycles. The highest BCUT2D eigenvalue weighted by atomic mass is 35.5. The molecule has 0 spiro atoms. The smallest absolute Gasteiger partial charge is 0.291 e. The molecule has 35 heavy (non-hydrogen) atoms. The number of rotatable bonds is 6. The average Bonchev–Trinajstić information content (AvgIpc) is 3.16. The molecule has 3 N–H and O–H groups in total. The molecule has 2 aliphatic rings. The van der Waals surface area contributed by atoms with Crippen LogP contribution in [0.15, 0.2) is 36.5 Å². The van der Waals surface area contributed by atoms with Gasteiger partial charge in [-0.2, -0.15) is 4.39 Å². The number of amides is 2. The topological polar surface area (TPSA) is 97.3 Å². The fourth-order valence-corrected chi connectivity index (χ4v) is 4.85. The third-order valence-electron chi connectivity index (χ3n) is 6.60. The van der Waals surface area contributed by atoms with Crippen molar-refractivity contribution in [2.24, 2.45) is 18.9 Å². The van der Waals surface area contributed by atoms with Crippen molar-refractivity contribution >= 4 is 29.1 Å². The summed E-state index contributed by atoms with van der Waals surface area (Å²) in [4.78, 5) is 29.5. The Balaban J connectivity index is 1.30. The molecule has 2 amide bonds. The number of halogens is 3. The van der Waals surface area contributed by atoms with Gasteiger partial charge in [-0.3, -0.25) is 9.59 Å². The highest BCUT2D eigenvalue weighted by Crippen LogP contribution is 2.42. The Morgan fingerprint density at radius 3 is 2.57 bits per heavy atom. The molecule has 182 valence electrons. The van der Waals surface area contributed by atoms with Gasteiger partial charge in [-0.15, -0.1) is 0 Å². The fourth-order valence-electron chi connectivity index (χ4n) is 4.58. The second kappa shape index (κ2) is 8.94. The third kappa shape index (κ3) is 4.12. The second-order valence-corrected chi connectivity index (χ2v) is 9.01. The Kier molecular flexibility index (Phi) is 5.94. The Morgan fingerprint density at radius 1 is 1.14 bits per heavy atom. The van der Waals surface area contributed by atoms with Crippen LogP contribution in [0.5, 0.6) is 5.75 Å². The van der Waals surface area contributed by atoms with Gasteiger partial charge in [-0.25, -0.2) is 9.37 Å². The minimum Gasteiger partial charge on any atom is -0.494 e. The van der Waals surface area contributed by atoms with Gasteiger partial charge >= 0.3 is 0 Å². The summed E-state index contributed by atoms with van der Waals surface area (Å²) in [6.45, 7) is 1.81. The maximum atomic E-state index is 14.5. The quantitative estimate of drug-likeness (QED) is 0.482. The summed E-state index contributed by atoms with van der Waals surface area (Å²) in [6.07, 6.45) is 1.28. The summed E-state index contributed by atoms with van der Waals surface area (Å²) in [6, 6.07) is 7.41. The number of ether oxygens (including phenoxy) is 1. The molecule has 0 bridgehead atoms. The molecule has 5 rings (SSSR count). The van der Waals surface area contributed by atoms with Gasteiger partial charge in [0.1, 0.15) is 0 Å². The summed E-state index contributed by atoms with van der Waals surface area (Å²) in [5.74, 6) is -2.37. The van der Waals surface area contributed by atoms with Gasteiger partial charge in [0.15, 0.2) is 17.4 Å². The number of anilines is 1. The lowest BCUT2D eigenvalue weighted by molar-refractivity contribution is 0.0946. The van der Waals surface area contributed by atoms with Crippen LogP contribution in [0.3, 0.4) is 0 Å². The molecule has 1 aliphatic heterocycles. The first kappa shape index (κ1) is 23.3. The van der Waals surface area contributed by atoms with Crippen molar-refractivity contribution in [1.29, 1.82) is 0 Å². The Labute approximate surface area is 204 Å². The van der Waals surface area contributed by atoms with E-state index < -0.39 is 17.5 Å².